The molecule has 0 fully saturated rings. The number of benzene rings is 2. The molecule has 106 valence electrons. The molecule has 0 aliphatic rings. The van der Waals surface area contributed by atoms with Gasteiger partial charge in [-0.15, -0.1) is 0 Å². The van der Waals surface area contributed by atoms with E-state index in [1.54, 1.807) is 18.2 Å². The van der Waals surface area contributed by atoms with E-state index in [2.05, 4.69) is 10.3 Å². The topological polar surface area (TPSA) is 50.9 Å². The lowest BCUT2D eigenvalue weighted by Gasteiger charge is -2.12. The maximum absolute atomic E-state index is 13.9. The maximum Gasteiger partial charge on any atom is 0.148 e. The van der Waals surface area contributed by atoms with E-state index >= 15 is 0 Å². The fourth-order valence-electron chi connectivity index (χ4n) is 2.22. The molecule has 0 saturated carbocycles. The molecule has 1 aromatic heterocycles. The van der Waals surface area contributed by atoms with Crippen LogP contribution >= 0.6 is 11.6 Å². The number of rotatable bonds is 2. The van der Waals surface area contributed by atoms with Gasteiger partial charge in [0.15, 0.2) is 0 Å². The van der Waals surface area contributed by atoms with Crippen molar-refractivity contribution in [3.8, 4) is 0 Å². The van der Waals surface area contributed by atoms with Gasteiger partial charge in [-0.25, -0.2) is 4.39 Å². The number of anilines is 3. The smallest absolute Gasteiger partial charge is 0.148 e. The maximum atomic E-state index is 13.9. The largest absolute Gasteiger partial charge is 0.399 e. The van der Waals surface area contributed by atoms with E-state index in [9.17, 15) is 4.39 Å². The van der Waals surface area contributed by atoms with Crippen LogP contribution in [0.15, 0.2) is 42.5 Å². The lowest BCUT2D eigenvalue weighted by Crippen LogP contribution is -1.97. The molecular formula is C16H13ClFN3. The third-order valence-electron chi connectivity index (χ3n) is 3.16. The number of nitrogens with two attached hydrogens (primary N) is 1. The van der Waals surface area contributed by atoms with Crippen LogP contribution in [0.5, 0.6) is 0 Å². The predicted molar refractivity (Wildman–Crippen MR) is 85.6 cm³/mol. The molecule has 3 N–H and O–H groups in total. The first kappa shape index (κ1) is 13.6. The molecule has 2 aromatic carbocycles. The molecule has 3 rings (SSSR count). The highest BCUT2D eigenvalue weighted by Crippen LogP contribution is 2.29. The fraction of sp³-hybridized carbons (Fsp3) is 0.0625. The van der Waals surface area contributed by atoms with Crippen LogP contribution in [0.2, 0.25) is 5.02 Å². The molecule has 3 nitrogen and oxygen atoms in total. The van der Waals surface area contributed by atoms with Crippen LogP contribution in [-0.2, 0) is 0 Å². The molecule has 0 aliphatic heterocycles. The number of hydrogen-bond donors (Lipinski definition) is 2. The van der Waals surface area contributed by atoms with Gasteiger partial charge in [-0.3, -0.25) is 4.98 Å². The number of nitrogens with one attached hydrogen (secondary N) is 1. The fourth-order valence-corrected chi connectivity index (χ4v) is 2.37. The summed E-state index contributed by atoms with van der Waals surface area (Å²) >= 11 is 5.77. The Bertz CT molecular complexity index is 833. The summed E-state index contributed by atoms with van der Waals surface area (Å²) in [5.74, 6) is -0.408. The highest BCUT2D eigenvalue weighted by atomic mass is 35.5. The summed E-state index contributed by atoms with van der Waals surface area (Å²) in [5, 5.41) is 4.28. The minimum atomic E-state index is -0.408. The molecule has 0 radical (unpaired) electrons. The van der Waals surface area contributed by atoms with Crippen LogP contribution in [0.4, 0.5) is 21.5 Å². The minimum Gasteiger partial charge on any atom is -0.399 e. The van der Waals surface area contributed by atoms with E-state index in [-0.39, 0.29) is 0 Å². The van der Waals surface area contributed by atoms with Gasteiger partial charge >= 0.3 is 0 Å². The first-order valence-corrected chi connectivity index (χ1v) is 6.80. The van der Waals surface area contributed by atoms with Crippen molar-refractivity contribution in [1.82, 2.24) is 4.98 Å². The summed E-state index contributed by atoms with van der Waals surface area (Å²) in [6.07, 6.45) is 0. The Labute approximate surface area is 126 Å². The van der Waals surface area contributed by atoms with Crippen molar-refractivity contribution in [2.75, 3.05) is 11.1 Å². The van der Waals surface area contributed by atoms with Crippen molar-refractivity contribution in [1.29, 1.82) is 0 Å². The van der Waals surface area contributed by atoms with Crippen molar-refractivity contribution in [2.45, 2.75) is 6.92 Å². The van der Waals surface area contributed by atoms with Crippen LogP contribution in [0.25, 0.3) is 10.9 Å². The van der Waals surface area contributed by atoms with Crippen LogP contribution in [0.1, 0.15) is 5.69 Å². The number of fused-ring (bicyclic) bond motifs is 1. The number of aromatic nitrogens is 1. The van der Waals surface area contributed by atoms with Gasteiger partial charge in [0.2, 0.25) is 0 Å². The molecule has 0 spiro atoms. The zero-order valence-corrected chi connectivity index (χ0v) is 12.1. The van der Waals surface area contributed by atoms with Gasteiger partial charge in [0.1, 0.15) is 5.82 Å². The molecule has 0 saturated heterocycles. The standard InChI is InChI=1S/C16H13ClFN3/c1-9-6-16(12-8-11(19)3-5-14(12)20-9)21-15-4-2-10(17)7-13(15)18/h2-8H,19H2,1H3,(H,20,21). The molecule has 21 heavy (non-hydrogen) atoms. The van der Waals surface area contributed by atoms with Crippen molar-refractivity contribution in [2.24, 2.45) is 0 Å². The van der Waals surface area contributed by atoms with Gasteiger partial charge in [0.05, 0.1) is 11.2 Å². The Kier molecular flexibility index (Phi) is 3.39. The molecule has 5 heteroatoms. The van der Waals surface area contributed by atoms with Crippen molar-refractivity contribution < 1.29 is 4.39 Å². The Morgan fingerprint density at radius 2 is 1.90 bits per heavy atom. The first-order chi connectivity index (χ1) is 10.0. The number of hydrogen-bond acceptors (Lipinski definition) is 3. The predicted octanol–water partition coefficient (Wildman–Crippen LogP) is 4.66. The first-order valence-electron chi connectivity index (χ1n) is 6.42. The molecule has 3 aromatic rings. The third kappa shape index (κ3) is 2.76. The van der Waals surface area contributed by atoms with Crippen molar-refractivity contribution >= 4 is 39.6 Å². The summed E-state index contributed by atoms with van der Waals surface area (Å²) in [5.41, 5.74) is 9.21. The second-order valence-electron chi connectivity index (χ2n) is 4.84. The van der Waals surface area contributed by atoms with Gasteiger partial charge in [-0.2, -0.15) is 0 Å². The Morgan fingerprint density at radius 1 is 1.10 bits per heavy atom. The Morgan fingerprint density at radius 3 is 2.67 bits per heavy atom. The zero-order chi connectivity index (χ0) is 15.0. The summed E-state index contributed by atoms with van der Waals surface area (Å²) in [7, 11) is 0. The second kappa shape index (κ2) is 5.22. The number of pyridine rings is 1. The Balaban J connectivity index is 2.13. The average Bonchev–Trinajstić information content (AvgIpc) is 2.42. The molecular weight excluding hydrogens is 289 g/mol. The number of nitrogen functional groups attached to an aromatic ring is 1. The van der Waals surface area contributed by atoms with Gasteiger partial charge in [0.25, 0.3) is 0 Å². The van der Waals surface area contributed by atoms with Crippen LogP contribution in [0, 0.1) is 12.7 Å². The SMILES string of the molecule is Cc1cc(Nc2ccc(Cl)cc2F)c2cc(N)ccc2n1. The van der Waals surface area contributed by atoms with Gasteiger partial charge in [0, 0.05) is 27.5 Å². The molecule has 0 bridgehead atoms. The molecule has 0 amide bonds. The van der Waals surface area contributed by atoms with Crippen LogP contribution in [-0.4, -0.2) is 4.98 Å². The highest BCUT2D eigenvalue weighted by Gasteiger charge is 2.08. The van der Waals surface area contributed by atoms with Gasteiger partial charge in [-0.05, 0) is 49.4 Å². The second-order valence-corrected chi connectivity index (χ2v) is 5.27. The summed E-state index contributed by atoms with van der Waals surface area (Å²) in [4.78, 5) is 4.45. The monoisotopic (exact) mass is 301 g/mol. The highest BCUT2D eigenvalue weighted by molar-refractivity contribution is 6.30. The number of nitrogens with zero attached hydrogens (tertiary/aromatic N) is 1. The van der Waals surface area contributed by atoms with Crippen LogP contribution in [0.3, 0.4) is 0 Å². The molecule has 1 heterocycles. The number of halogens is 2. The molecule has 0 unspecified atom stereocenters. The minimum absolute atomic E-state index is 0.355. The summed E-state index contributed by atoms with van der Waals surface area (Å²) < 4.78 is 13.9. The third-order valence-corrected chi connectivity index (χ3v) is 3.40. The quantitative estimate of drug-likeness (QED) is 0.677. The summed E-state index contributed by atoms with van der Waals surface area (Å²) in [6, 6.07) is 11.8. The van der Waals surface area contributed by atoms with E-state index in [0.29, 0.717) is 16.4 Å². The molecule has 0 atom stereocenters. The van der Waals surface area contributed by atoms with E-state index in [1.807, 2.05) is 25.1 Å². The van der Waals surface area contributed by atoms with Crippen LogP contribution < -0.4 is 11.1 Å². The van der Waals surface area contributed by atoms with Gasteiger partial charge < -0.3 is 11.1 Å². The van der Waals surface area contributed by atoms with Crippen molar-refractivity contribution in [3.63, 3.8) is 0 Å². The van der Waals surface area contributed by atoms with Gasteiger partial charge in [-0.1, -0.05) is 11.6 Å². The Hall–Kier alpha value is -2.33. The lowest BCUT2D eigenvalue weighted by molar-refractivity contribution is 0.632. The van der Waals surface area contributed by atoms with E-state index < -0.39 is 5.82 Å². The lowest BCUT2D eigenvalue weighted by atomic mass is 10.1. The normalized spacial score (nSPS) is 10.8. The van der Waals surface area contributed by atoms with Crippen molar-refractivity contribution in [3.05, 3.63) is 59.0 Å². The van der Waals surface area contributed by atoms with E-state index in [4.69, 9.17) is 17.3 Å². The number of aryl methyl sites for hydroxylation is 1. The average molecular weight is 302 g/mol. The summed E-state index contributed by atoms with van der Waals surface area (Å²) in [6.45, 7) is 1.89. The van der Waals surface area contributed by atoms with E-state index in [1.165, 1.54) is 6.07 Å². The zero-order valence-electron chi connectivity index (χ0n) is 11.3. The molecule has 0 aliphatic carbocycles. The van der Waals surface area contributed by atoms with E-state index in [0.717, 1.165) is 22.3 Å².